The Morgan fingerprint density at radius 3 is 2.46 bits per heavy atom. The maximum absolute atomic E-state index is 12.7. The molecule has 0 atom stereocenters. The van der Waals surface area contributed by atoms with Crippen molar-refractivity contribution in [2.24, 2.45) is 0 Å². The molecule has 3 rings (SSSR count). The van der Waals surface area contributed by atoms with Gasteiger partial charge in [-0.3, -0.25) is 0 Å². The van der Waals surface area contributed by atoms with Crippen LogP contribution >= 0.6 is 0 Å². The maximum Gasteiger partial charge on any atom is 0.241 e. The van der Waals surface area contributed by atoms with Gasteiger partial charge in [-0.15, -0.1) is 0 Å². The molecule has 0 unspecified atom stereocenters. The molecule has 24 heavy (non-hydrogen) atoms. The molecular formula is C18H18N2O3S. The lowest BCUT2D eigenvalue weighted by Gasteiger charge is -2.12. The third-order valence-corrected chi connectivity index (χ3v) is 5.31. The highest BCUT2D eigenvalue weighted by molar-refractivity contribution is 7.89. The van der Waals surface area contributed by atoms with Crippen molar-refractivity contribution in [1.29, 1.82) is 0 Å². The van der Waals surface area contributed by atoms with Gasteiger partial charge in [0.2, 0.25) is 10.0 Å². The highest BCUT2D eigenvalue weighted by Gasteiger charge is 2.18. The molecule has 0 saturated carbocycles. The van der Waals surface area contributed by atoms with Gasteiger partial charge in [-0.25, -0.2) is 13.1 Å². The Hall–Kier alpha value is -2.57. The molecule has 0 radical (unpaired) electrons. The van der Waals surface area contributed by atoms with Crippen LogP contribution in [0.3, 0.4) is 0 Å². The molecule has 0 heterocycles. The molecule has 0 saturated heterocycles. The molecular weight excluding hydrogens is 324 g/mol. The van der Waals surface area contributed by atoms with Crippen LogP contribution in [0.4, 0.5) is 5.69 Å². The third-order valence-electron chi connectivity index (χ3n) is 3.85. The Balaban J connectivity index is 1.96. The largest absolute Gasteiger partial charge is 0.496 e. The Morgan fingerprint density at radius 2 is 1.67 bits per heavy atom. The van der Waals surface area contributed by atoms with E-state index in [0.717, 1.165) is 10.9 Å². The monoisotopic (exact) mass is 342 g/mol. The minimum atomic E-state index is -3.69. The van der Waals surface area contributed by atoms with Gasteiger partial charge in [-0.1, -0.05) is 42.5 Å². The molecule has 0 aliphatic heterocycles. The number of benzene rings is 3. The molecule has 0 aliphatic carbocycles. The van der Waals surface area contributed by atoms with Crippen molar-refractivity contribution in [3.8, 4) is 5.75 Å². The van der Waals surface area contributed by atoms with Crippen molar-refractivity contribution in [2.75, 3.05) is 12.8 Å². The summed E-state index contributed by atoms with van der Waals surface area (Å²) in [6.45, 7) is 0.144. The van der Waals surface area contributed by atoms with E-state index in [2.05, 4.69) is 4.72 Å². The summed E-state index contributed by atoms with van der Waals surface area (Å²) < 4.78 is 33.4. The van der Waals surface area contributed by atoms with E-state index >= 15 is 0 Å². The summed E-state index contributed by atoms with van der Waals surface area (Å²) in [5.41, 5.74) is 7.26. The predicted octanol–water partition coefficient (Wildman–Crippen LogP) is 2.91. The Kier molecular flexibility index (Phi) is 4.42. The lowest BCUT2D eigenvalue weighted by atomic mass is 10.1. The number of nitrogens with one attached hydrogen (secondary N) is 1. The normalized spacial score (nSPS) is 11.5. The molecule has 0 spiro atoms. The number of para-hydroxylation sites is 1. The fourth-order valence-corrected chi connectivity index (χ4v) is 3.87. The quantitative estimate of drug-likeness (QED) is 0.699. The molecule has 3 aromatic carbocycles. The lowest BCUT2D eigenvalue weighted by molar-refractivity contribution is 0.409. The van der Waals surface area contributed by atoms with Gasteiger partial charge in [0.1, 0.15) is 5.75 Å². The second kappa shape index (κ2) is 6.51. The van der Waals surface area contributed by atoms with Crippen LogP contribution in [0.5, 0.6) is 5.75 Å². The van der Waals surface area contributed by atoms with Gasteiger partial charge < -0.3 is 10.5 Å². The lowest BCUT2D eigenvalue weighted by Crippen LogP contribution is -2.23. The van der Waals surface area contributed by atoms with E-state index in [-0.39, 0.29) is 11.4 Å². The highest BCUT2D eigenvalue weighted by Crippen LogP contribution is 2.27. The van der Waals surface area contributed by atoms with Gasteiger partial charge in [0.25, 0.3) is 0 Å². The second-order valence-electron chi connectivity index (χ2n) is 5.33. The van der Waals surface area contributed by atoms with Crippen LogP contribution in [0.1, 0.15) is 5.56 Å². The SMILES string of the molecule is COc1ccccc1CNS(=O)(=O)c1cccc2c(N)cccc12. The number of nitrogens with two attached hydrogens (primary N) is 1. The number of fused-ring (bicyclic) bond motifs is 1. The van der Waals surface area contributed by atoms with Crippen molar-refractivity contribution >= 4 is 26.5 Å². The number of nitrogen functional groups attached to an aromatic ring is 1. The Labute approximate surface area is 141 Å². The number of hydrogen-bond acceptors (Lipinski definition) is 4. The van der Waals surface area contributed by atoms with Gasteiger partial charge in [0.05, 0.1) is 12.0 Å². The number of rotatable bonds is 5. The van der Waals surface area contributed by atoms with E-state index in [4.69, 9.17) is 10.5 Å². The fourth-order valence-electron chi connectivity index (χ4n) is 2.64. The van der Waals surface area contributed by atoms with Crippen LogP contribution in [0, 0.1) is 0 Å². The van der Waals surface area contributed by atoms with Gasteiger partial charge >= 0.3 is 0 Å². The summed E-state index contributed by atoms with van der Waals surface area (Å²) in [5, 5.41) is 1.32. The van der Waals surface area contributed by atoms with E-state index < -0.39 is 10.0 Å². The summed E-state index contributed by atoms with van der Waals surface area (Å²) in [5.74, 6) is 0.641. The summed E-state index contributed by atoms with van der Waals surface area (Å²) in [6.07, 6.45) is 0. The molecule has 6 heteroatoms. The molecule has 124 valence electrons. The number of methoxy groups -OCH3 is 1. The van der Waals surface area contributed by atoms with E-state index in [1.807, 2.05) is 24.3 Å². The highest BCUT2D eigenvalue weighted by atomic mass is 32.2. The molecule has 3 aromatic rings. The third kappa shape index (κ3) is 3.06. The fraction of sp³-hybridized carbons (Fsp3) is 0.111. The van der Waals surface area contributed by atoms with Gasteiger partial charge in [-0.2, -0.15) is 0 Å². The van der Waals surface area contributed by atoms with Crippen molar-refractivity contribution in [2.45, 2.75) is 11.4 Å². The van der Waals surface area contributed by atoms with Crippen LogP contribution in [0.15, 0.2) is 65.6 Å². The second-order valence-corrected chi connectivity index (χ2v) is 7.07. The zero-order chi connectivity index (χ0) is 17.2. The summed E-state index contributed by atoms with van der Waals surface area (Å²) in [7, 11) is -2.13. The van der Waals surface area contributed by atoms with Crippen molar-refractivity contribution in [3.05, 3.63) is 66.2 Å². The first-order valence-electron chi connectivity index (χ1n) is 7.42. The maximum atomic E-state index is 12.7. The molecule has 3 N–H and O–H groups in total. The van der Waals surface area contributed by atoms with E-state index in [1.54, 1.807) is 43.5 Å². The first kappa shape index (κ1) is 16.3. The summed E-state index contributed by atoms with van der Waals surface area (Å²) >= 11 is 0. The van der Waals surface area contributed by atoms with Crippen molar-refractivity contribution in [3.63, 3.8) is 0 Å². The number of ether oxygens (including phenoxy) is 1. The Morgan fingerprint density at radius 1 is 0.958 bits per heavy atom. The summed E-state index contributed by atoms with van der Waals surface area (Å²) in [6, 6.07) is 17.6. The van der Waals surface area contributed by atoms with E-state index in [1.165, 1.54) is 0 Å². The van der Waals surface area contributed by atoms with Crippen LogP contribution in [0.25, 0.3) is 10.8 Å². The van der Waals surface area contributed by atoms with E-state index in [9.17, 15) is 8.42 Å². The average molecular weight is 342 g/mol. The van der Waals surface area contributed by atoms with Gasteiger partial charge in [0, 0.05) is 28.6 Å². The molecule has 0 amide bonds. The van der Waals surface area contributed by atoms with Crippen LogP contribution in [-0.2, 0) is 16.6 Å². The number of hydrogen-bond donors (Lipinski definition) is 2. The minimum absolute atomic E-state index is 0.144. The summed E-state index contributed by atoms with van der Waals surface area (Å²) in [4.78, 5) is 0.210. The smallest absolute Gasteiger partial charge is 0.241 e. The minimum Gasteiger partial charge on any atom is -0.496 e. The predicted molar refractivity (Wildman–Crippen MR) is 95.4 cm³/mol. The average Bonchev–Trinajstić information content (AvgIpc) is 2.60. The van der Waals surface area contributed by atoms with Crippen molar-refractivity contribution in [1.82, 2.24) is 4.72 Å². The molecule has 0 aliphatic rings. The van der Waals surface area contributed by atoms with Gasteiger partial charge in [-0.05, 0) is 18.2 Å². The first-order valence-corrected chi connectivity index (χ1v) is 8.90. The van der Waals surface area contributed by atoms with Crippen LogP contribution in [0.2, 0.25) is 0 Å². The number of anilines is 1. The van der Waals surface area contributed by atoms with Crippen LogP contribution < -0.4 is 15.2 Å². The molecule has 5 nitrogen and oxygen atoms in total. The molecule has 0 bridgehead atoms. The molecule has 0 fully saturated rings. The van der Waals surface area contributed by atoms with Crippen molar-refractivity contribution < 1.29 is 13.2 Å². The zero-order valence-electron chi connectivity index (χ0n) is 13.2. The standard InChI is InChI=1S/C18H18N2O3S/c1-23-17-10-3-2-6-13(17)12-20-24(21,22)18-11-5-7-14-15(18)8-4-9-16(14)19/h2-11,20H,12,19H2,1H3. The Bertz CT molecular complexity index is 984. The topological polar surface area (TPSA) is 81.4 Å². The van der Waals surface area contributed by atoms with Crippen LogP contribution in [-0.4, -0.2) is 15.5 Å². The molecule has 0 aromatic heterocycles. The number of sulfonamides is 1. The zero-order valence-corrected chi connectivity index (χ0v) is 14.0. The first-order chi connectivity index (χ1) is 11.5. The van der Waals surface area contributed by atoms with E-state index in [0.29, 0.717) is 16.8 Å². The van der Waals surface area contributed by atoms with Gasteiger partial charge in [0.15, 0.2) is 0 Å².